The minimum absolute atomic E-state index is 0.635. The maximum atomic E-state index is 6.08. The second-order valence-corrected chi connectivity index (χ2v) is 6.17. The average Bonchev–Trinajstić information content (AvgIpc) is 2.89. The largest absolute Gasteiger partial charge is 0.383 e. The Morgan fingerprint density at radius 2 is 1.94 bits per heavy atom. The van der Waals surface area contributed by atoms with Crippen molar-refractivity contribution in [2.24, 2.45) is 0 Å². The normalized spacial score (nSPS) is 16.8. The highest BCUT2D eigenvalue weighted by Gasteiger charge is 2.16. The first-order valence-electron chi connectivity index (χ1n) is 6.39. The van der Waals surface area contributed by atoms with E-state index in [9.17, 15) is 0 Å². The first-order chi connectivity index (χ1) is 8.65. The van der Waals surface area contributed by atoms with Crippen molar-refractivity contribution in [3.05, 3.63) is 16.3 Å². The summed E-state index contributed by atoms with van der Waals surface area (Å²) in [7, 11) is 0. The lowest BCUT2D eigenvalue weighted by atomic mass is 10.2. The van der Waals surface area contributed by atoms with Gasteiger partial charge in [0.05, 0.1) is 11.9 Å². The number of likely N-dealkylation sites (tertiary alicyclic amines) is 1. The fourth-order valence-corrected chi connectivity index (χ4v) is 3.59. The van der Waals surface area contributed by atoms with Gasteiger partial charge in [0.1, 0.15) is 16.5 Å². The van der Waals surface area contributed by atoms with E-state index >= 15 is 0 Å². The standard InChI is InChI=1S/C13H18N4S/c1-8-9(2)18-13-11(8)12(14)15-10(16-13)7-17-5-3-4-6-17/h3-7H2,1-2H3,(H2,14,15,16). The summed E-state index contributed by atoms with van der Waals surface area (Å²) in [6.45, 7) is 7.35. The number of nitrogens with zero attached hydrogens (tertiary/aromatic N) is 3. The van der Waals surface area contributed by atoms with Crippen LogP contribution in [0.25, 0.3) is 10.2 Å². The zero-order valence-corrected chi connectivity index (χ0v) is 11.7. The molecule has 1 saturated heterocycles. The van der Waals surface area contributed by atoms with Gasteiger partial charge in [-0.3, -0.25) is 4.90 Å². The summed E-state index contributed by atoms with van der Waals surface area (Å²) in [5.41, 5.74) is 7.30. The van der Waals surface area contributed by atoms with Gasteiger partial charge in [-0.05, 0) is 45.3 Å². The summed E-state index contributed by atoms with van der Waals surface area (Å²) < 4.78 is 0. The minimum atomic E-state index is 0.635. The molecule has 0 unspecified atom stereocenters. The summed E-state index contributed by atoms with van der Waals surface area (Å²) in [4.78, 5) is 13.9. The van der Waals surface area contributed by atoms with E-state index in [-0.39, 0.29) is 0 Å². The van der Waals surface area contributed by atoms with Crippen LogP contribution in [0.1, 0.15) is 29.1 Å². The molecule has 0 atom stereocenters. The molecule has 18 heavy (non-hydrogen) atoms. The third-order valence-corrected chi connectivity index (χ3v) is 4.77. The number of aryl methyl sites for hydroxylation is 2. The highest BCUT2D eigenvalue weighted by molar-refractivity contribution is 7.18. The fraction of sp³-hybridized carbons (Fsp3) is 0.538. The number of fused-ring (bicyclic) bond motifs is 1. The molecule has 2 aromatic rings. The number of hydrogen-bond acceptors (Lipinski definition) is 5. The van der Waals surface area contributed by atoms with E-state index in [0.717, 1.165) is 35.7 Å². The zero-order valence-electron chi connectivity index (χ0n) is 10.9. The van der Waals surface area contributed by atoms with Crippen LogP contribution in [0.2, 0.25) is 0 Å². The first-order valence-corrected chi connectivity index (χ1v) is 7.21. The molecule has 0 radical (unpaired) electrons. The van der Waals surface area contributed by atoms with Gasteiger partial charge >= 0.3 is 0 Å². The van der Waals surface area contributed by atoms with E-state index in [4.69, 9.17) is 5.73 Å². The Morgan fingerprint density at radius 3 is 2.67 bits per heavy atom. The summed E-state index contributed by atoms with van der Waals surface area (Å²) in [6, 6.07) is 0. The fourth-order valence-electron chi connectivity index (χ4n) is 2.54. The summed E-state index contributed by atoms with van der Waals surface area (Å²) in [5.74, 6) is 1.50. The van der Waals surface area contributed by atoms with E-state index in [2.05, 4.69) is 28.7 Å². The van der Waals surface area contributed by atoms with E-state index < -0.39 is 0 Å². The monoisotopic (exact) mass is 262 g/mol. The first kappa shape index (κ1) is 11.9. The number of anilines is 1. The maximum Gasteiger partial charge on any atom is 0.146 e. The molecule has 4 nitrogen and oxygen atoms in total. The topological polar surface area (TPSA) is 55.0 Å². The van der Waals surface area contributed by atoms with Gasteiger partial charge in [-0.25, -0.2) is 9.97 Å². The molecule has 0 spiro atoms. The number of thiophene rings is 1. The van der Waals surface area contributed by atoms with Gasteiger partial charge in [-0.15, -0.1) is 11.3 Å². The Hall–Kier alpha value is -1.20. The average molecular weight is 262 g/mol. The van der Waals surface area contributed by atoms with Gasteiger partial charge in [-0.2, -0.15) is 0 Å². The quantitative estimate of drug-likeness (QED) is 0.903. The highest BCUT2D eigenvalue weighted by Crippen LogP contribution is 2.32. The number of nitrogen functional groups attached to an aromatic ring is 1. The molecule has 0 aliphatic carbocycles. The summed E-state index contributed by atoms with van der Waals surface area (Å²) in [6.07, 6.45) is 2.57. The lowest BCUT2D eigenvalue weighted by Crippen LogP contribution is -2.20. The van der Waals surface area contributed by atoms with E-state index in [1.807, 2.05) is 0 Å². The van der Waals surface area contributed by atoms with Crippen LogP contribution in [-0.4, -0.2) is 28.0 Å². The van der Waals surface area contributed by atoms with Crippen LogP contribution in [0.3, 0.4) is 0 Å². The molecule has 1 aliphatic rings. The van der Waals surface area contributed by atoms with E-state index in [1.54, 1.807) is 11.3 Å². The lowest BCUT2D eigenvalue weighted by Gasteiger charge is -2.13. The predicted molar refractivity (Wildman–Crippen MR) is 75.8 cm³/mol. The van der Waals surface area contributed by atoms with Crippen molar-refractivity contribution in [2.45, 2.75) is 33.2 Å². The molecule has 0 aromatic carbocycles. The Kier molecular flexibility index (Phi) is 2.95. The molecule has 3 heterocycles. The smallest absolute Gasteiger partial charge is 0.146 e. The van der Waals surface area contributed by atoms with E-state index in [0.29, 0.717) is 5.82 Å². The maximum absolute atomic E-state index is 6.08. The van der Waals surface area contributed by atoms with Gasteiger partial charge in [0.2, 0.25) is 0 Å². The van der Waals surface area contributed by atoms with Gasteiger partial charge in [0, 0.05) is 4.88 Å². The van der Waals surface area contributed by atoms with Crippen LogP contribution < -0.4 is 5.73 Å². The van der Waals surface area contributed by atoms with Crippen molar-refractivity contribution in [3.8, 4) is 0 Å². The van der Waals surface area contributed by atoms with Crippen molar-refractivity contribution in [1.82, 2.24) is 14.9 Å². The molecule has 96 valence electrons. The molecule has 2 N–H and O–H groups in total. The SMILES string of the molecule is Cc1sc2nc(CN3CCCC3)nc(N)c2c1C. The van der Waals surface area contributed by atoms with Crippen LogP contribution in [0.15, 0.2) is 0 Å². The molecular formula is C13H18N4S. The van der Waals surface area contributed by atoms with Crippen molar-refractivity contribution in [1.29, 1.82) is 0 Å². The molecule has 1 aliphatic heterocycles. The van der Waals surface area contributed by atoms with Crippen molar-refractivity contribution >= 4 is 27.4 Å². The molecule has 2 aromatic heterocycles. The van der Waals surface area contributed by atoms with Crippen LogP contribution in [-0.2, 0) is 6.54 Å². The van der Waals surface area contributed by atoms with Crippen LogP contribution in [0, 0.1) is 13.8 Å². The molecule has 0 amide bonds. The molecule has 5 heteroatoms. The van der Waals surface area contributed by atoms with Crippen molar-refractivity contribution in [2.75, 3.05) is 18.8 Å². The third-order valence-electron chi connectivity index (χ3n) is 3.67. The number of hydrogen-bond donors (Lipinski definition) is 1. The number of nitrogens with two attached hydrogens (primary N) is 1. The van der Waals surface area contributed by atoms with Crippen LogP contribution in [0.5, 0.6) is 0 Å². The second-order valence-electron chi connectivity index (χ2n) is 4.97. The van der Waals surface area contributed by atoms with Crippen molar-refractivity contribution < 1.29 is 0 Å². The Bertz CT molecular complexity index is 584. The Morgan fingerprint density at radius 1 is 1.22 bits per heavy atom. The van der Waals surface area contributed by atoms with Gasteiger partial charge in [-0.1, -0.05) is 0 Å². The number of rotatable bonds is 2. The summed E-state index contributed by atoms with van der Waals surface area (Å²) in [5, 5.41) is 1.04. The molecule has 1 fully saturated rings. The predicted octanol–water partition coefficient (Wildman–Crippen LogP) is 2.49. The second kappa shape index (κ2) is 4.48. The Labute approximate surface area is 111 Å². The molecule has 0 bridgehead atoms. The van der Waals surface area contributed by atoms with Crippen LogP contribution in [0.4, 0.5) is 5.82 Å². The minimum Gasteiger partial charge on any atom is -0.383 e. The lowest BCUT2D eigenvalue weighted by molar-refractivity contribution is 0.323. The molecular weight excluding hydrogens is 244 g/mol. The molecule has 0 saturated carbocycles. The van der Waals surface area contributed by atoms with E-state index in [1.165, 1.54) is 23.3 Å². The summed E-state index contributed by atoms with van der Waals surface area (Å²) >= 11 is 1.72. The zero-order chi connectivity index (χ0) is 12.7. The third kappa shape index (κ3) is 1.97. The van der Waals surface area contributed by atoms with Gasteiger partial charge < -0.3 is 5.73 Å². The molecule has 3 rings (SSSR count). The van der Waals surface area contributed by atoms with Gasteiger partial charge in [0.25, 0.3) is 0 Å². The number of aromatic nitrogens is 2. The van der Waals surface area contributed by atoms with Crippen molar-refractivity contribution in [3.63, 3.8) is 0 Å². The van der Waals surface area contributed by atoms with Gasteiger partial charge in [0.15, 0.2) is 0 Å². The highest BCUT2D eigenvalue weighted by atomic mass is 32.1. The van der Waals surface area contributed by atoms with Crippen LogP contribution >= 0.6 is 11.3 Å². The Balaban J connectivity index is 1.99.